The highest BCUT2D eigenvalue weighted by Crippen LogP contribution is 2.77. The summed E-state index contributed by atoms with van der Waals surface area (Å²) in [5, 5.41) is 0. The first-order chi connectivity index (χ1) is 55.3. The van der Waals surface area contributed by atoms with Gasteiger partial charge >= 0.3 is 47.8 Å². The van der Waals surface area contributed by atoms with Gasteiger partial charge in [-0.25, -0.2) is 0 Å². The quantitative estimate of drug-likeness (QED) is 0.142. The Morgan fingerprint density at radius 1 is 0.322 bits per heavy atom. The molecule has 20 saturated carbocycles. The molecule has 6 spiro atoms. The lowest BCUT2D eigenvalue weighted by Gasteiger charge is -2.44. The third-order valence-corrected chi connectivity index (χ3v) is 42.2. The average molecular weight is 1590 g/mol. The van der Waals surface area contributed by atoms with Gasteiger partial charge in [0.2, 0.25) is 0 Å². The predicted molar refractivity (Wildman–Crippen MR) is 423 cm³/mol. The molecule has 28 rings (SSSR count). The molecule has 0 amide bonds. The van der Waals surface area contributed by atoms with Crippen molar-refractivity contribution in [3.8, 4) is 0 Å². The molecule has 0 aromatic rings. The maximum absolute atomic E-state index is 12.2. The fourth-order valence-electron chi connectivity index (χ4n) is 38.0. The lowest BCUT2D eigenvalue weighted by molar-refractivity contribution is -0.152. The van der Waals surface area contributed by atoms with E-state index in [9.17, 15) is 38.4 Å². The molecule has 0 radical (unpaired) electrons. The molecule has 8 heterocycles. The Hall–Kier alpha value is -4.28. The molecular formula is C98H140O17. The zero-order valence-electron chi connectivity index (χ0n) is 71.2. The van der Waals surface area contributed by atoms with Crippen molar-refractivity contribution in [1.82, 2.24) is 0 Å². The standard InChI is InChI=1S/2C16H22O2.C12H18O3.4C11H16O2.C10H14O2/c1-8-4-9-5-11(8)13-10-6-12(14(9)13)16(7-10)2-3-18-15(16)17;1-8-4-9-5-11(8)14-12-6-10(13(9)14)7-16(12)2-3-18-15(16)17;1-3-14-11-6(2)7-4-8(11)10-9(7)5-15-12(10)13;1-7-2-9-3-8(7)4-11(9)5-10(12)13-6-11;1-7-2-8-3-9(7)11(4-8)5-10(12)13-6-11;1-7-4-9-5-8(7)6-11(9)2-3-13-10(11)12;1-7-4-8-5-9(7)11(6-8)2-3-13-10(11)12;1-5-2-6-3-7(5)9-8(6)4-12-10(9)11/h2*8-14H,2-7H2,1H3;6-11H,3-5H2,1-2H3;4*7-9H,2-6H2,1H3;5-9H,2-4H2,1H3. The summed E-state index contributed by atoms with van der Waals surface area (Å²) in [4.78, 5) is 93.1. The van der Waals surface area contributed by atoms with Gasteiger partial charge in [0.1, 0.15) is 0 Å². The van der Waals surface area contributed by atoms with Gasteiger partial charge in [-0.3, -0.25) is 38.4 Å². The van der Waals surface area contributed by atoms with Gasteiger partial charge in [-0.2, -0.15) is 0 Å². The van der Waals surface area contributed by atoms with Crippen LogP contribution in [0.2, 0.25) is 0 Å². The van der Waals surface area contributed by atoms with E-state index in [1.54, 1.807) is 0 Å². The van der Waals surface area contributed by atoms with Crippen LogP contribution in [0.4, 0.5) is 0 Å². The third-order valence-electron chi connectivity index (χ3n) is 42.2. The second kappa shape index (κ2) is 28.4. The SMILES string of the molecule is CC1CC2CC1C1(CCOC1=O)C2.CC1CC2CC1C1(COC(=O)C1)C2.CC1CC2CC1C1C(=O)OCC21.CC1CC2CC1C1C2C2CC1C1(CCOC1=O)C2.CC1CC2CC1C1C3CC(C21)C1(CCOC1=O)C3.CC1CC2CC1CC21CCOC1=O.CC1CC2CC1CC21COC(=O)C1.CCOC1C(C)C2CC1C1C(=O)OCC21. The Morgan fingerprint density at radius 3 is 1.31 bits per heavy atom. The lowest BCUT2D eigenvalue weighted by atomic mass is 9.59. The molecule has 43 atom stereocenters. The van der Waals surface area contributed by atoms with Crippen molar-refractivity contribution in [2.75, 3.05) is 59.5 Å². The van der Waals surface area contributed by atoms with E-state index in [1.165, 1.54) is 135 Å². The Kier molecular flexibility index (Phi) is 19.3. The van der Waals surface area contributed by atoms with E-state index in [1.807, 2.05) is 6.92 Å². The van der Waals surface area contributed by atoms with Crippen molar-refractivity contribution < 1.29 is 81.0 Å². The van der Waals surface area contributed by atoms with Gasteiger partial charge in [0, 0.05) is 29.3 Å². The molecule has 0 aromatic heterocycles. The Bertz CT molecular complexity index is 3870. The largest absolute Gasteiger partial charge is 0.465 e. The number of esters is 8. The lowest BCUT2D eigenvalue weighted by Crippen LogP contribution is -2.43. The predicted octanol–water partition coefficient (Wildman–Crippen LogP) is 16.6. The van der Waals surface area contributed by atoms with Crippen LogP contribution in [0.15, 0.2) is 0 Å². The summed E-state index contributed by atoms with van der Waals surface area (Å²) >= 11 is 0. The molecule has 17 heteroatoms. The fraction of sp³-hybridized carbons (Fsp3) is 0.918. The maximum Gasteiger partial charge on any atom is 0.312 e. The molecule has 43 unspecified atom stereocenters. The summed E-state index contributed by atoms with van der Waals surface area (Å²) in [6, 6.07) is 0. The van der Waals surface area contributed by atoms with Crippen molar-refractivity contribution in [3.05, 3.63) is 0 Å². The maximum atomic E-state index is 12.2. The minimum absolute atomic E-state index is 0.0143. The smallest absolute Gasteiger partial charge is 0.312 e. The number of hydrogen-bond acceptors (Lipinski definition) is 17. The zero-order chi connectivity index (χ0) is 79.2. The Labute approximate surface area is 684 Å². The molecule has 17 nitrogen and oxygen atoms in total. The number of hydrogen-bond donors (Lipinski definition) is 0. The molecule has 634 valence electrons. The van der Waals surface area contributed by atoms with E-state index < -0.39 is 0 Å². The topological polar surface area (TPSA) is 220 Å². The molecule has 0 aromatic carbocycles. The van der Waals surface area contributed by atoms with Crippen LogP contribution in [0, 0.1) is 246 Å². The van der Waals surface area contributed by atoms with Crippen molar-refractivity contribution in [3.63, 3.8) is 0 Å². The van der Waals surface area contributed by atoms with Crippen LogP contribution in [0.25, 0.3) is 0 Å². The molecule has 8 aliphatic heterocycles. The van der Waals surface area contributed by atoms with Crippen molar-refractivity contribution >= 4 is 47.8 Å². The van der Waals surface area contributed by atoms with Gasteiger partial charge in [0.15, 0.2) is 0 Å². The molecular weight excluding hydrogens is 1450 g/mol. The summed E-state index contributed by atoms with van der Waals surface area (Å²) in [5.74, 6) is 28.6. The summed E-state index contributed by atoms with van der Waals surface area (Å²) in [7, 11) is 0. The van der Waals surface area contributed by atoms with Crippen LogP contribution in [0.1, 0.15) is 249 Å². The van der Waals surface area contributed by atoms with E-state index in [4.69, 9.17) is 42.6 Å². The molecule has 20 bridgehead atoms. The van der Waals surface area contributed by atoms with Crippen LogP contribution < -0.4 is 0 Å². The van der Waals surface area contributed by atoms with Gasteiger partial charge in [-0.05, 0) is 370 Å². The van der Waals surface area contributed by atoms with Crippen molar-refractivity contribution in [1.29, 1.82) is 0 Å². The van der Waals surface area contributed by atoms with E-state index >= 15 is 0 Å². The number of fused-ring (bicyclic) bond motifs is 42. The normalized spacial score (nSPS) is 56.7. The van der Waals surface area contributed by atoms with E-state index in [0.717, 1.165) is 207 Å². The zero-order valence-corrected chi connectivity index (χ0v) is 71.2. The van der Waals surface area contributed by atoms with E-state index in [2.05, 4.69) is 55.4 Å². The number of carbonyl (C=O) groups is 8. The molecule has 115 heavy (non-hydrogen) atoms. The monoisotopic (exact) mass is 1590 g/mol. The average Bonchev–Trinajstić information content (AvgIpc) is 1.52. The van der Waals surface area contributed by atoms with Gasteiger partial charge in [-0.1, -0.05) is 55.4 Å². The minimum Gasteiger partial charge on any atom is -0.465 e. The van der Waals surface area contributed by atoms with E-state index in [-0.39, 0.29) is 86.2 Å². The summed E-state index contributed by atoms with van der Waals surface area (Å²) in [6.07, 6.45) is 35.9. The Morgan fingerprint density at radius 2 is 0.800 bits per heavy atom. The molecule has 28 aliphatic rings. The van der Waals surface area contributed by atoms with E-state index in [0.29, 0.717) is 117 Å². The highest BCUT2D eigenvalue weighted by Gasteiger charge is 2.74. The second-order valence-electron chi connectivity index (χ2n) is 46.6. The first kappa shape index (κ1) is 78.0. The van der Waals surface area contributed by atoms with Gasteiger partial charge < -0.3 is 42.6 Å². The molecule has 28 fully saturated rings. The summed E-state index contributed by atoms with van der Waals surface area (Å²) in [6.45, 7) is 27.2. The highest BCUT2D eigenvalue weighted by molar-refractivity contribution is 5.82. The second-order valence-corrected chi connectivity index (χ2v) is 46.6. The number of ether oxygens (including phenoxy) is 9. The van der Waals surface area contributed by atoms with Gasteiger partial charge in [0.25, 0.3) is 0 Å². The van der Waals surface area contributed by atoms with Crippen molar-refractivity contribution in [2.24, 2.45) is 246 Å². The van der Waals surface area contributed by atoms with Crippen LogP contribution in [0.5, 0.6) is 0 Å². The number of rotatable bonds is 2. The summed E-state index contributed by atoms with van der Waals surface area (Å²) in [5.41, 5.74) is 0.489. The molecule has 0 N–H and O–H groups in total. The molecule has 20 aliphatic carbocycles. The number of cyclic esters (lactones) is 8. The molecule has 8 saturated heterocycles. The minimum atomic E-state index is -0.0255. The first-order valence-electron chi connectivity index (χ1n) is 48.2. The van der Waals surface area contributed by atoms with Crippen LogP contribution >= 0.6 is 0 Å². The van der Waals surface area contributed by atoms with Crippen LogP contribution in [0.3, 0.4) is 0 Å². The van der Waals surface area contributed by atoms with Crippen molar-refractivity contribution in [2.45, 2.75) is 255 Å². The highest BCUT2D eigenvalue weighted by atomic mass is 16.6. The third kappa shape index (κ3) is 11.8. The van der Waals surface area contributed by atoms with Crippen LogP contribution in [-0.2, 0) is 81.0 Å². The fourth-order valence-corrected chi connectivity index (χ4v) is 38.0. The Balaban J connectivity index is 0.0000000827. The summed E-state index contributed by atoms with van der Waals surface area (Å²) < 4.78 is 47.4. The van der Waals surface area contributed by atoms with Crippen LogP contribution in [-0.4, -0.2) is 113 Å². The van der Waals surface area contributed by atoms with Gasteiger partial charge in [-0.15, -0.1) is 0 Å². The first-order valence-corrected chi connectivity index (χ1v) is 48.2. The number of carbonyl (C=O) groups excluding carboxylic acids is 8. The van der Waals surface area contributed by atoms with Gasteiger partial charge in [0.05, 0.1) is 105 Å².